The zero-order valence-corrected chi connectivity index (χ0v) is 6.14. The van der Waals surface area contributed by atoms with Gasteiger partial charge in [-0.25, -0.2) is 0 Å². The van der Waals surface area contributed by atoms with Crippen molar-refractivity contribution >= 4 is 11.6 Å². The minimum Gasteiger partial charge on any atom is -0.122 e. The lowest BCUT2D eigenvalue weighted by atomic mass is 9.96. The van der Waals surface area contributed by atoms with E-state index in [9.17, 15) is 0 Å². The Morgan fingerprint density at radius 1 is 1.33 bits per heavy atom. The summed E-state index contributed by atoms with van der Waals surface area (Å²) in [5.74, 6) is 1.63. The van der Waals surface area contributed by atoms with E-state index in [0.717, 1.165) is 5.92 Å². The van der Waals surface area contributed by atoms with Crippen molar-refractivity contribution in [2.75, 3.05) is 0 Å². The van der Waals surface area contributed by atoms with Crippen molar-refractivity contribution < 1.29 is 0 Å². The molecule has 0 amide bonds. The first kappa shape index (κ1) is 5.79. The van der Waals surface area contributed by atoms with E-state index in [0.29, 0.717) is 11.3 Å². The molecule has 50 valence electrons. The number of alkyl halides is 1. The fourth-order valence-corrected chi connectivity index (χ4v) is 2.40. The number of fused-ring (bicyclic) bond motifs is 2. The predicted molar refractivity (Wildman–Crippen MR) is 39.6 cm³/mol. The molecule has 0 nitrogen and oxygen atoms in total. The summed E-state index contributed by atoms with van der Waals surface area (Å²) in [5, 5.41) is 0.453. The lowest BCUT2D eigenvalue weighted by molar-refractivity contribution is 0.519. The average molecular weight is 143 g/mol. The Balaban J connectivity index is 2.18. The first-order valence-electron chi connectivity index (χ1n) is 3.67. The van der Waals surface area contributed by atoms with Gasteiger partial charge in [0.25, 0.3) is 0 Å². The predicted octanol–water partition coefficient (Wildman–Crippen LogP) is 2.58. The molecule has 1 fully saturated rings. The highest BCUT2D eigenvalue weighted by atomic mass is 35.5. The van der Waals surface area contributed by atoms with Gasteiger partial charge in [-0.05, 0) is 31.1 Å². The normalized spacial score (nSPS) is 47.9. The van der Waals surface area contributed by atoms with Crippen molar-refractivity contribution in [2.45, 2.75) is 24.6 Å². The Morgan fingerprint density at radius 3 is 2.89 bits per heavy atom. The van der Waals surface area contributed by atoms with Gasteiger partial charge >= 0.3 is 0 Å². The van der Waals surface area contributed by atoms with E-state index in [1.54, 1.807) is 0 Å². The van der Waals surface area contributed by atoms with Crippen molar-refractivity contribution in [1.29, 1.82) is 0 Å². The van der Waals surface area contributed by atoms with Crippen LogP contribution >= 0.6 is 11.6 Å². The molecule has 1 heteroatoms. The van der Waals surface area contributed by atoms with Gasteiger partial charge in [0, 0.05) is 5.38 Å². The monoisotopic (exact) mass is 142 g/mol. The molecule has 0 saturated heterocycles. The minimum atomic E-state index is 0.453. The van der Waals surface area contributed by atoms with Gasteiger partial charge in [0.1, 0.15) is 0 Å². The van der Waals surface area contributed by atoms with Gasteiger partial charge in [-0.2, -0.15) is 0 Å². The zero-order valence-electron chi connectivity index (χ0n) is 5.39. The summed E-state index contributed by atoms with van der Waals surface area (Å²) in [7, 11) is 0. The Labute approximate surface area is 60.9 Å². The molecule has 0 N–H and O–H groups in total. The second kappa shape index (κ2) is 2.02. The van der Waals surface area contributed by atoms with E-state index in [1.807, 2.05) is 0 Å². The second-order valence-electron chi connectivity index (χ2n) is 3.18. The highest BCUT2D eigenvalue weighted by Gasteiger charge is 2.32. The van der Waals surface area contributed by atoms with Gasteiger partial charge in [-0.3, -0.25) is 0 Å². The second-order valence-corrected chi connectivity index (χ2v) is 3.74. The van der Waals surface area contributed by atoms with Crippen LogP contribution in [-0.2, 0) is 0 Å². The van der Waals surface area contributed by atoms with Gasteiger partial charge in [0.2, 0.25) is 0 Å². The van der Waals surface area contributed by atoms with Crippen LogP contribution in [0.5, 0.6) is 0 Å². The third-order valence-electron chi connectivity index (χ3n) is 2.48. The maximum atomic E-state index is 6.06. The molecule has 0 aliphatic heterocycles. The van der Waals surface area contributed by atoms with Crippen LogP contribution in [0.2, 0.25) is 0 Å². The van der Waals surface area contributed by atoms with E-state index >= 15 is 0 Å². The topological polar surface area (TPSA) is 0 Å². The highest BCUT2D eigenvalue weighted by Crippen LogP contribution is 2.40. The molecule has 2 aliphatic rings. The van der Waals surface area contributed by atoms with Crippen molar-refractivity contribution in [1.82, 2.24) is 0 Å². The van der Waals surface area contributed by atoms with Crippen LogP contribution in [0.4, 0.5) is 0 Å². The van der Waals surface area contributed by atoms with Crippen molar-refractivity contribution in [3.8, 4) is 0 Å². The van der Waals surface area contributed by atoms with E-state index in [1.165, 1.54) is 19.3 Å². The summed E-state index contributed by atoms with van der Waals surface area (Å²) >= 11 is 6.06. The van der Waals surface area contributed by atoms with E-state index in [-0.39, 0.29) is 0 Å². The van der Waals surface area contributed by atoms with E-state index in [4.69, 9.17) is 11.6 Å². The number of hydrogen-bond donors (Lipinski definition) is 0. The fraction of sp³-hybridized carbons (Fsp3) is 0.750. The molecule has 0 heterocycles. The van der Waals surface area contributed by atoms with Crippen molar-refractivity contribution in [3.05, 3.63) is 12.2 Å². The molecule has 0 aromatic carbocycles. The minimum absolute atomic E-state index is 0.453. The van der Waals surface area contributed by atoms with Gasteiger partial charge in [0.05, 0.1) is 0 Å². The summed E-state index contributed by atoms with van der Waals surface area (Å²) in [6, 6.07) is 0. The third-order valence-corrected chi connectivity index (χ3v) is 2.98. The summed E-state index contributed by atoms with van der Waals surface area (Å²) < 4.78 is 0. The summed E-state index contributed by atoms with van der Waals surface area (Å²) in [6.07, 6.45) is 8.46. The van der Waals surface area contributed by atoms with Gasteiger partial charge in [-0.1, -0.05) is 12.2 Å². The smallest absolute Gasteiger partial charge is 0.0401 e. The van der Waals surface area contributed by atoms with Crippen LogP contribution in [-0.4, -0.2) is 5.38 Å². The maximum Gasteiger partial charge on any atom is 0.0401 e. The first-order chi connectivity index (χ1) is 4.36. The molecule has 2 aliphatic carbocycles. The number of allylic oxidation sites excluding steroid dienone is 2. The molecule has 0 radical (unpaired) electrons. The number of halogens is 1. The Bertz CT molecular complexity index is 140. The molecular formula is C8H11Cl. The van der Waals surface area contributed by atoms with Gasteiger partial charge in [0.15, 0.2) is 0 Å². The van der Waals surface area contributed by atoms with E-state index < -0.39 is 0 Å². The fourth-order valence-electron chi connectivity index (χ4n) is 1.96. The molecule has 9 heavy (non-hydrogen) atoms. The lowest BCUT2D eigenvalue weighted by Gasteiger charge is -2.11. The van der Waals surface area contributed by atoms with Crippen LogP contribution in [0.3, 0.4) is 0 Å². The standard InChI is InChI=1S/C8H11Cl/c9-8-5-6-2-1-3-7(8)4-6/h1,3,6-8H,2,4-5H2/t6-,7+,8+/m0/s1. The highest BCUT2D eigenvalue weighted by molar-refractivity contribution is 6.21. The molecule has 3 atom stereocenters. The average Bonchev–Trinajstić information content (AvgIpc) is 2.09. The molecule has 0 aromatic heterocycles. The number of rotatable bonds is 0. The van der Waals surface area contributed by atoms with Gasteiger partial charge in [-0.15, -0.1) is 11.6 Å². The maximum absolute atomic E-state index is 6.06. The summed E-state index contributed by atoms with van der Waals surface area (Å²) in [5.41, 5.74) is 0. The van der Waals surface area contributed by atoms with Crippen LogP contribution in [0.25, 0.3) is 0 Å². The molecule has 2 rings (SSSR count). The Morgan fingerprint density at radius 2 is 2.22 bits per heavy atom. The summed E-state index contributed by atoms with van der Waals surface area (Å²) in [6.45, 7) is 0. The molecule has 0 spiro atoms. The van der Waals surface area contributed by atoms with E-state index in [2.05, 4.69) is 12.2 Å². The molecule has 1 saturated carbocycles. The van der Waals surface area contributed by atoms with Crippen molar-refractivity contribution in [3.63, 3.8) is 0 Å². The van der Waals surface area contributed by atoms with Gasteiger partial charge < -0.3 is 0 Å². The molecule has 2 bridgehead atoms. The quantitative estimate of drug-likeness (QED) is 0.360. The number of hydrogen-bond acceptors (Lipinski definition) is 0. The SMILES string of the molecule is Cl[C@@H]1C[C@H]2CC=C[C@@H]1C2. The zero-order chi connectivity index (χ0) is 6.27. The van der Waals surface area contributed by atoms with Crippen LogP contribution < -0.4 is 0 Å². The van der Waals surface area contributed by atoms with Crippen LogP contribution in [0, 0.1) is 11.8 Å². The molecule has 0 unspecified atom stereocenters. The molecular weight excluding hydrogens is 132 g/mol. The largest absolute Gasteiger partial charge is 0.122 e. The lowest BCUT2D eigenvalue weighted by Crippen LogP contribution is -2.03. The Hall–Kier alpha value is 0.0300. The van der Waals surface area contributed by atoms with Crippen molar-refractivity contribution in [2.24, 2.45) is 11.8 Å². The Kier molecular flexibility index (Phi) is 1.30. The third kappa shape index (κ3) is 0.898. The summed E-state index contributed by atoms with van der Waals surface area (Å²) in [4.78, 5) is 0. The first-order valence-corrected chi connectivity index (χ1v) is 4.10. The van der Waals surface area contributed by atoms with Crippen LogP contribution in [0.15, 0.2) is 12.2 Å². The van der Waals surface area contributed by atoms with Crippen LogP contribution in [0.1, 0.15) is 19.3 Å². The molecule has 0 aromatic rings.